The monoisotopic (exact) mass is 411 g/mol. The van der Waals surface area contributed by atoms with Crippen molar-refractivity contribution in [2.24, 2.45) is 5.92 Å². The van der Waals surface area contributed by atoms with Crippen LogP contribution >= 0.6 is 12.4 Å². The lowest BCUT2D eigenvalue weighted by atomic mass is 10.0. The Morgan fingerprint density at radius 2 is 1.79 bits per heavy atom. The molecule has 29 heavy (non-hydrogen) atoms. The van der Waals surface area contributed by atoms with E-state index in [2.05, 4.69) is 47.0 Å². The lowest BCUT2D eigenvalue weighted by Gasteiger charge is -2.25. The van der Waals surface area contributed by atoms with Gasteiger partial charge in [0.1, 0.15) is 0 Å². The van der Waals surface area contributed by atoms with E-state index in [0.29, 0.717) is 13.0 Å². The highest BCUT2D eigenvalue weighted by molar-refractivity contribution is 6.00. The topological polar surface area (TPSA) is 61.4 Å². The molecule has 5 nitrogen and oxygen atoms in total. The molecule has 2 N–H and O–H groups in total. The first-order chi connectivity index (χ1) is 13.7. The van der Waals surface area contributed by atoms with E-state index in [1.54, 1.807) is 4.90 Å². The number of nitrogens with zero attached hydrogens (tertiary/aromatic N) is 1. The maximum Gasteiger partial charge on any atom is 0.227 e. The molecule has 0 aromatic heterocycles. The molecule has 2 aromatic carbocycles. The highest BCUT2D eigenvalue weighted by Gasteiger charge is 2.36. The summed E-state index contributed by atoms with van der Waals surface area (Å²) in [6.45, 7) is 2.36. The predicted molar refractivity (Wildman–Crippen MR) is 116 cm³/mol. The van der Waals surface area contributed by atoms with Crippen molar-refractivity contribution in [3.63, 3.8) is 0 Å². The summed E-state index contributed by atoms with van der Waals surface area (Å²) in [5, 5.41) is 6.46. The molecule has 152 valence electrons. The molecule has 0 bridgehead atoms. The van der Waals surface area contributed by atoms with E-state index in [-0.39, 0.29) is 36.2 Å². The summed E-state index contributed by atoms with van der Waals surface area (Å²) < 4.78 is 0. The second kappa shape index (κ2) is 8.17. The van der Waals surface area contributed by atoms with E-state index in [1.165, 1.54) is 22.3 Å². The van der Waals surface area contributed by atoms with Gasteiger partial charge in [-0.1, -0.05) is 30.3 Å². The van der Waals surface area contributed by atoms with Gasteiger partial charge in [-0.2, -0.15) is 0 Å². The number of carbonyl (C=O) groups excluding carboxylic acids is 2. The Labute approximate surface area is 177 Å². The Morgan fingerprint density at radius 3 is 2.62 bits per heavy atom. The normalized spacial score (nSPS) is 20.8. The summed E-state index contributed by atoms with van der Waals surface area (Å²) in [5.41, 5.74) is 6.05. The van der Waals surface area contributed by atoms with Gasteiger partial charge in [0.05, 0.1) is 5.92 Å². The number of halogens is 1. The number of carbonyl (C=O) groups is 2. The molecule has 1 aliphatic carbocycles. The van der Waals surface area contributed by atoms with Crippen molar-refractivity contribution < 1.29 is 9.59 Å². The molecule has 5 rings (SSSR count). The number of nitrogens with one attached hydrogen (secondary N) is 2. The molecule has 2 saturated heterocycles. The number of benzene rings is 2. The zero-order valence-electron chi connectivity index (χ0n) is 16.3. The Bertz CT molecular complexity index is 939. The molecule has 3 aliphatic rings. The predicted octanol–water partition coefficient (Wildman–Crippen LogP) is 2.90. The average Bonchev–Trinajstić information content (AvgIpc) is 3.28. The third-order valence-corrected chi connectivity index (χ3v) is 6.27. The third kappa shape index (κ3) is 3.77. The zero-order valence-corrected chi connectivity index (χ0v) is 17.1. The molecule has 6 heteroatoms. The van der Waals surface area contributed by atoms with E-state index in [4.69, 9.17) is 0 Å². The fraction of sp³-hybridized carbons (Fsp3) is 0.391. The maximum absolute atomic E-state index is 12.7. The van der Waals surface area contributed by atoms with Crippen molar-refractivity contribution in [2.75, 3.05) is 24.5 Å². The Hall–Kier alpha value is -2.37. The van der Waals surface area contributed by atoms with Crippen LogP contribution in [0.1, 0.15) is 30.4 Å². The number of anilines is 1. The Kier molecular flexibility index (Phi) is 5.61. The van der Waals surface area contributed by atoms with Crippen molar-refractivity contribution in [1.29, 1.82) is 0 Å². The highest BCUT2D eigenvalue weighted by Crippen LogP contribution is 2.39. The van der Waals surface area contributed by atoms with Gasteiger partial charge in [-0.25, -0.2) is 0 Å². The molecule has 0 radical (unpaired) electrons. The molecule has 2 amide bonds. The van der Waals surface area contributed by atoms with Gasteiger partial charge in [0.15, 0.2) is 0 Å². The fourth-order valence-corrected chi connectivity index (χ4v) is 4.72. The second-order valence-corrected chi connectivity index (χ2v) is 8.11. The largest absolute Gasteiger partial charge is 0.353 e. The number of hydrogen-bond acceptors (Lipinski definition) is 3. The van der Waals surface area contributed by atoms with Gasteiger partial charge in [-0.15, -0.1) is 12.4 Å². The molecule has 0 saturated carbocycles. The van der Waals surface area contributed by atoms with Crippen LogP contribution in [0.3, 0.4) is 0 Å². The van der Waals surface area contributed by atoms with E-state index < -0.39 is 0 Å². The number of amides is 2. The molecule has 0 spiro atoms. The van der Waals surface area contributed by atoms with Crippen LogP contribution < -0.4 is 15.5 Å². The molecular weight excluding hydrogens is 386 g/mol. The SMILES string of the molecule is Cl.O=C(NC1CCNCC1)C1CC(=O)N(c2ccc3c(c2)Cc2ccccc2-3)C1. The van der Waals surface area contributed by atoms with Gasteiger partial charge in [0, 0.05) is 24.7 Å². The van der Waals surface area contributed by atoms with Crippen LogP contribution in [-0.2, 0) is 16.0 Å². The van der Waals surface area contributed by atoms with Crippen molar-refractivity contribution in [3.8, 4) is 11.1 Å². The van der Waals surface area contributed by atoms with E-state index >= 15 is 0 Å². The van der Waals surface area contributed by atoms with Crippen molar-refractivity contribution in [1.82, 2.24) is 10.6 Å². The first kappa shape index (κ1) is 19.9. The molecule has 2 heterocycles. The van der Waals surface area contributed by atoms with E-state index in [1.807, 2.05) is 6.07 Å². The number of hydrogen-bond donors (Lipinski definition) is 2. The van der Waals surface area contributed by atoms with Gasteiger partial charge in [0.2, 0.25) is 11.8 Å². The van der Waals surface area contributed by atoms with Crippen molar-refractivity contribution in [3.05, 3.63) is 53.6 Å². The van der Waals surface area contributed by atoms with Gasteiger partial charge >= 0.3 is 0 Å². The Balaban J connectivity index is 0.00000205. The number of fused-ring (bicyclic) bond motifs is 3. The van der Waals surface area contributed by atoms with Crippen LogP contribution in [0.4, 0.5) is 5.69 Å². The van der Waals surface area contributed by atoms with Gasteiger partial charge in [0.25, 0.3) is 0 Å². The minimum atomic E-state index is -0.257. The number of piperidine rings is 1. The fourth-order valence-electron chi connectivity index (χ4n) is 4.72. The maximum atomic E-state index is 12.7. The molecule has 1 atom stereocenters. The number of rotatable bonds is 3. The molecular formula is C23H26ClN3O2. The first-order valence-electron chi connectivity index (χ1n) is 10.2. The summed E-state index contributed by atoms with van der Waals surface area (Å²) in [7, 11) is 0. The van der Waals surface area contributed by atoms with Crippen LogP contribution in [0.5, 0.6) is 0 Å². The molecule has 2 aliphatic heterocycles. The average molecular weight is 412 g/mol. The van der Waals surface area contributed by atoms with Crippen molar-refractivity contribution in [2.45, 2.75) is 31.7 Å². The summed E-state index contributed by atoms with van der Waals surface area (Å²) >= 11 is 0. The lowest BCUT2D eigenvalue weighted by molar-refractivity contribution is -0.127. The highest BCUT2D eigenvalue weighted by atomic mass is 35.5. The van der Waals surface area contributed by atoms with Crippen LogP contribution in [0, 0.1) is 5.92 Å². The van der Waals surface area contributed by atoms with Gasteiger partial charge in [-0.3, -0.25) is 9.59 Å². The summed E-state index contributed by atoms with van der Waals surface area (Å²) in [6, 6.07) is 15.0. The lowest BCUT2D eigenvalue weighted by Crippen LogP contribution is -2.45. The molecule has 1 unspecified atom stereocenters. The minimum Gasteiger partial charge on any atom is -0.353 e. The molecule has 2 aromatic rings. The Morgan fingerprint density at radius 1 is 1.03 bits per heavy atom. The molecule has 2 fully saturated rings. The van der Waals surface area contributed by atoms with Crippen LogP contribution in [0.25, 0.3) is 11.1 Å². The quantitative estimate of drug-likeness (QED) is 0.696. The van der Waals surface area contributed by atoms with Crippen LogP contribution in [-0.4, -0.2) is 37.5 Å². The van der Waals surface area contributed by atoms with E-state index in [0.717, 1.165) is 38.0 Å². The summed E-state index contributed by atoms with van der Waals surface area (Å²) in [4.78, 5) is 27.1. The first-order valence-corrected chi connectivity index (χ1v) is 10.2. The van der Waals surface area contributed by atoms with Crippen molar-refractivity contribution >= 4 is 29.9 Å². The smallest absolute Gasteiger partial charge is 0.227 e. The summed E-state index contributed by atoms with van der Waals surface area (Å²) in [6.07, 6.45) is 3.12. The zero-order chi connectivity index (χ0) is 19.1. The van der Waals surface area contributed by atoms with Gasteiger partial charge < -0.3 is 15.5 Å². The summed E-state index contributed by atoms with van der Waals surface area (Å²) in [5.74, 6) is -0.190. The second-order valence-electron chi connectivity index (χ2n) is 8.11. The minimum absolute atomic E-state index is 0. The third-order valence-electron chi connectivity index (χ3n) is 6.27. The van der Waals surface area contributed by atoms with Gasteiger partial charge in [-0.05, 0) is 66.7 Å². The van der Waals surface area contributed by atoms with E-state index in [9.17, 15) is 9.59 Å². The standard InChI is InChI=1S/C23H25N3O2.ClH/c27-22-13-17(23(28)25-18-7-9-24-10-8-18)14-26(22)19-5-6-21-16(12-19)11-15-3-1-2-4-20(15)21;/h1-6,12,17-18,24H,7-11,13-14H2,(H,25,28);1H. The van der Waals surface area contributed by atoms with Crippen LogP contribution in [0.2, 0.25) is 0 Å². The van der Waals surface area contributed by atoms with Crippen LogP contribution in [0.15, 0.2) is 42.5 Å².